The molecule has 1 amide bonds. The Balaban J connectivity index is 1.54. The number of benzene rings is 2. The molecule has 1 aliphatic rings. The number of pyridine rings is 1. The maximum Gasteiger partial charge on any atom is 0.254 e. The number of rotatable bonds is 4. The fourth-order valence-corrected chi connectivity index (χ4v) is 4.25. The van der Waals surface area contributed by atoms with Gasteiger partial charge in [0.1, 0.15) is 6.33 Å². The SMILES string of the molecule is COc1ccc(-c2ccc3ncnc(-c4cccc(C(=O)N5CCNC[C@H]5C)c4)c3c2)cn1. The monoisotopic (exact) mass is 439 g/mol. The van der Waals surface area contributed by atoms with E-state index in [9.17, 15) is 4.79 Å². The summed E-state index contributed by atoms with van der Waals surface area (Å²) in [6.45, 7) is 4.40. The lowest BCUT2D eigenvalue weighted by molar-refractivity contribution is 0.0656. The predicted octanol–water partition coefficient (Wildman–Crippen LogP) is 3.80. The van der Waals surface area contributed by atoms with Gasteiger partial charge >= 0.3 is 0 Å². The minimum absolute atomic E-state index is 0.0502. The van der Waals surface area contributed by atoms with Gasteiger partial charge in [-0.1, -0.05) is 18.2 Å². The first-order chi connectivity index (χ1) is 16.1. The zero-order chi connectivity index (χ0) is 22.8. The summed E-state index contributed by atoms with van der Waals surface area (Å²) in [6, 6.07) is 17.8. The van der Waals surface area contributed by atoms with E-state index in [0.29, 0.717) is 18.0 Å². The van der Waals surface area contributed by atoms with Crippen molar-refractivity contribution in [3.63, 3.8) is 0 Å². The van der Waals surface area contributed by atoms with Crippen molar-refractivity contribution in [2.24, 2.45) is 0 Å². The average Bonchev–Trinajstić information content (AvgIpc) is 2.88. The molecule has 2 aromatic carbocycles. The highest BCUT2D eigenvalue weighted by Gasteiger charge is 2.24. The largest absolute Gasteiger partial charge is 0.481 e. The van der Waals surface area contributed by atoms with Gasteiger partial charge in [0.15, 0.2) is 0 Å². The summed E-state index contributed by atoms with van der Waals surface area (Å²) in [5.41, 5.74) is 5.19. The Labute approximate surface area is 192 Å². The third-order valence-corrected chi connectivity index (χ3v) is 6.06. The summed E-state index contributed by atoms with van der Waals surface area (Å²) in [4.78, 5) is 28.5. The molecule has 166 valence electrons. The lowest BCUT2D eigenvalue weighted by Gasteiger charge is -2.34. The fraction of sp³-hybridized carbons (Fsp3) is 0.231. The highest BCUT2D eigenvalue weighted by molar-refractivity contribution is 5.98. The van der Waals surface area contributed by atoms with Crippen LogP contribution >= 0.6 is 0 Å². The maximum absolute atomic E-state index is 13.2. The van der Waals surface area contributed by atoms with Crippen LogP contribution in [0.3, 0.4) is 0 Å². The third kappa shape index (κ3) is 4.15. The number of nitrogens with zero attached hydrogens (tertiary/aromatic N) is 4. The predicted molar refractivity (Wildman–Crippen MR) is 128 cm³/mol. The Hall–Kier alpha value is -3.84. The highest BCUT2D eigenvalue weighted by Crippen LogP contribution is 2.30. The molecule has 1 atom stereocenters. The van der Waals surface area contributed by atoms with Crippen LogP contribution in [-0.2, 0) is 0 Å². The van der Waals surface area contributed by atoms with Crippen LogP contribution in [0, 0.1) is 0 Å². The number of ether oxygens (including phenoxy) is 1. The number of amides is 1. The average molecular weight is 440 g/mol. The number of piperazine rings is 1. The summed E-state index contributed by atoms with van der Waals surface area (Å²) in [6.07, 6.45) is 3.36. The highest BCUT2D eigenvalue weighted by atomic mass is 16.5. The zero-order valence-corrected chi connectivity index (χ0v) is 18.7. The standard InChI is InChI=1S/C26H25N5O2/c1-17-14-27-10-11-31(17)26(32)20-5-3-4-19(12-20)25-22-13-18(6-8-23(22)29-16-30-25)21-7-9-24(33-2)28-15-21/h3-9,12-13,15-17,27H,10-11,14H2,1-2H3/t17-/m1/s1. The second-order valence-corrected chi connectivity index (χ2v) is 8.18. The Morgan fingerprint density at radius 2 is 1.91 bits per heavy atom. The first-order valence-corrected chi connectivity index (χ1v) is 11.0. The van der Waals surface area contributed by atoms with Gasteiger partial charge in [0.05, 0.1) is 18.3 Å². The van der Waals surface area contributed by atoms with Gasteiger partial charge in [-0.15, -0.1) is 0 Å². The molecule has 1 N–H and O–H groups in total. The first kappa shape index (κ1) is 21.0. The second kappa shape index (κ2) is 8.96. The minimum atomic E-state index is 0.0502. The Kier molecular flexibility index (Phi) is 5.71. The van der Waals surface area contributed by atoms with E-state index in [2.05, 4.69) is 33.3 Å². The molecule has 4 aromatic rings. The molecule has 0 spiro atoms. The Morgan fingerprint density at radius 3 is 2.70 bits per heavy atom. The van der Waals surface area contributed by atoms with E-state index in [-0.39, 0.29) is 11.9 Å². The van der Waals surface area contributed by atoms with Crippen LogP contribution in [0.15, 0.2) is 67.1 Å². The van der Waals surface area contributed by atoms with Gasteiger partial charge in [-0.3, -0.25) is 4.79 Å². The van der Waals surface area contributed by atoms with Gasteiger partial charge < -0.3 is 15.0 Å². The van der Waals surface area contributed by atoms with Crippen LogP contribution in [0.25, 0.3) is 33.3 Å². The molecular formula is C26H25N5O2. The van der Waals surface area contributed by atoms with Crippen molar-refractivity contribution in [3.8, 4) is 28.3 Å². The van der Waals surface area contributed by atoms with Crippen molar-refractivity contribution < 1.29 is 9.53 Å². The van der Waals surface area contributed by atoms with Gasteiger partial charge in [-0.2, -0.15) is 0 Å². The maximum atomic E-state index is 13.2. The van der Waals surface area contributed by atoms with Crippen LogP contribution in [0.5, 0.6) is 5.88 Å². The summed E-state index contributed by atoms with van der Waals surface area (Å²) in [5.74, 6) is 0.623. The van der Waals surface area contributed by atoms with Crippen LogP contribution < -0.4 is 10.1 Å². The number of hydrogen-bond acceptors (Lipinski definition) is 6. The molecule has 1 saturated heterocycles. The fourth-order valence-electron chi connectivity index (χ4n) is 4.25. The number of methoxy groups -OCH3 is 1. The molecular weight excluding hydrogens is 414 g/mol. The molecule has 0 aliphatic carbocycles. The lowest BCUT2D eigenvalue weighted by atomic mass is 10.00. The van der Waals surface area contributed by atoms with Crippen molar-refractivity contribution in [1.82, 2.24) is 25.2 Å². The van der Waals surface area contributed by atoms with E-state index < -0.39 is 0 Å². The number of nitrogens with one attached hydrogen (secondary N) is 1. The normalized spacial score (nSPS) is 16.1. The molecule has 0 saturated carbocycles. The van der Waals surface area contributed by atoms with E-state index in [4.69, 9.17) is 4.74 Å². The quantitative estimate of drug-likeness (QED) is 0.521. The Bertz CT molecular complexity index is 1310. The van der Waals surface area contributed by atoms with E-state index in [0.717, 1.165) is 46.4 Å². The lowest BCUT2D eigenvalue weighted by Crippen LogP contribution is -2.52. The van der Waals surface area contributed by atoms with Gasteiger partial charge in [-0.25, -0.2) is 15.0 Å². The van der Waals surface area contributed by atoms with E-state index in [1.807, 2.05) is 53.4 Å². The molecule has 2 aromatic heterocycles. The second-order valence-electron chi connectivity index (χ2n) is 8.18. The van der Waals surface area contributed by atoms with Crippen molar-refractivity contribution in [2.75, 3.05) is 26.7 Å². The minimum Gasteiger partial charge on any atom is -0.481 e. The van der Waals surface area contributed by atoms with Crippen molar-refractivity contribution >= 4 is 16.8 Å². The van der Waals surface area contributed by atoms with Gasteiger partial charge in [0.25, 0.3) is 5.91 Å². The van der Waals surface area contributed by atoms with Crippen LogP contribution in [-0.4, -0.2) is 58.5 Å². The molecule has 7 heteroatoms. The molecule has 3 heterocycles. The van der Waals surface area contributed by atoms with Gasteiger partial charge in [0.2, 0.25) is 5.88 Å². The summed E-state index contributed by atoms with van der Waals surface area (Å²) < 4.78 is 5.17. The van der Waals surface area contributed by atoms with E-state index in [1.165, 1.54) is 0 Å². The molecule has 0 bridgehead atoms. The molecule has 1 aliphatic heterocycles. The molecule has 5 rings (SSSR count). The van der Waals surface area contributed by atoms with Crippen LogP contribution in [0.2, 0.25) is 0 Å². The number of aromatic nitrogens is 3. The molecule has 33 heavy (non-hydrogen) atoms. The third-order valence-electron chi connectivity index (χ3n) is 6.06. The van der Waals surface area contributed by atoms with Gasteiger partial charge in [-0.05, 0) is 42.8 Å². The number of carbonyl (C=O) groups is 1. The van der Waals surface area contributed by atoms with Crippen LogP contribution in [0.1, 0.15) is 17.3 Å². The topological polar surface area (TPSA) is 80.2 Å². The van der Waals surface area contributed by atoms with Crippen LogP contribution in [0.4, 0.5) is 0 Å². The number of fused-ring (bicyclic) bond motifs is 1. The molecule has 0 radical (unpaired) electrons. The smallest absolute Gasteiger partial charge is 0.254 e. The summed E-state index contributed by atoms with van der Waals surface area (Å²) >= 11 is 0. The number of carbonyl (C=O) groups excluding carboxylic acids is 1. The van der Waals surface area contributed by atoms with Crippen molar-refractivity contribution in [2.45, 2.75) is 13.0 Å². The molecule has 1 fully saturated rings. The van der Waals surface area contributed by atoms with E-state index in [1.54, 1.807) is 19.6 Å². The molecule has 7 nitrogen and oxygen atoms in total. The zero-order valence-electron chi connectivity index (χ0n) is 18.7. The first-order valence-electron chi connectivity index (χ1n) is 11.0. The van der Waals surface area contributed by atoms with Crippen molar-refractivity contribution in [3.05, 3.63) is 72.7 Å². The molecule has 0 unspecified atom stereocenters. The Morgan fingerprint density at radius 1 is 1.03 bits per heavy atom. The number of hydrogen-bond donors (Lipinski definition) is 1. The van der Waals surface area contributed by atoms with Crippen molar-refractivity contribution in [1.29, 1.82) is 0 Å². The summed E-state index contributed by atoms with van der Waals surface area (Å²) in [5, 5.41) is 4.25. The summed E-state index contributed by atoms with van der Waals surface area (Å²) in [7, 11) is 1.60. The van der Waals surface area contributed by atoms with E-state index >= 15 is 0 Å². The van der Waals surface area contributed by atoms with Gasteiger partial charge in [0, 0.05) is 60.0 Å².